The highest BCUT2D eigenvalue weighted by Crippen LogP contribution is 2.59. The van der Waals surface area contributed by atoms with Gasteiger partial charge in [-0.3, -0.25) is 38.6 Å². The predicted octanol–water partition coefficient (Wildman–Crippen LogP) is 16.2. The standard InChI is InChI=1S/C80H78F6N4O14/c1-75(2,3)41-13-21-45(22-14-41)101-55-33-51-59-52(72(94)89(71(51)93)67(79(81,82)83)69(91)87-29-31-97-37-49-39-99-49)35-57(103-47-25-17-43(18-26-47)77(7,8)9)63-64-58(104-48-27-19-44(20-28-48)78(10,11)12)36-54-60-53(73(95)90(74(54)96)68(80(84,85)86)70(92)88-30-32-98-38-50-40-100-50)34-56(62(66(60)64)61(55)65(59)63)102-46-23-15-42(16-24-46)76(4,5)6/h13-28,33-36,49-50,67-68H,29-32,37-40H2,1-12H3,(H,87,91)(H,88,92). The maximum absolute atomic E-state index is 16.1. The third-order valence-corrected chi connectivity index (χ3v) is 18.9. The largest absolute Gasteiger partial charge is 0.457 e. The molecule has 9 aromatic carbocycles. The van der Waals surface area contributed by atoms with Gasteiger partial charge in [0.05, 0.1) is 61.9 Å². The van der Waals surface area contributed by atoms with Crippen LogP contribution in [-0.4, -0.2) is 135 Å². The smallest absolute Gasteiger partial charge is 0.418 e. The number of epoxide rings is 2. The topological polar surface area (TPSA) is 213 Å². The first-order chi connectivity index (χ1) is 48.9. The van der Waals surface area contributed by atoms with Crippen LogP contribution < -0.4 is 29.6 Å². The highest BCUT2D eigenvalue weighted by molar-refractivity contribution is 6.45. The number of amides is 6. The zero-order valence-electron chi connectivity index (χ0n) is 59.4. The third kappa shape index (κ3) is 14.2. The molecule has 2 N–H and O–H groups in total. The Morgan fingerprint density at radius 2 is 0.625 bits per heavy atom. The predicted molar refractivity (Wildman–Crippen MR) is 376 cm³/mol. The zero-order chi connectivity index (χ0) is 74.7. The van der Waals surface area contributed by atoms with Crippen LogP contribution in [0.1, 0.15) is 147 Å². The fourth-order valence-electron chi connectivity index (χ4n) is 13.2. The molecule has 4 atom stereocenters. The molecular weight excluding hydrogens is 1350 g/mol. The Labute approximate surface area is 595 Å². The Kier molecular flexibility index (Phi) is 18.6. The number of nitrogens with zero attached hydrogens (tertiary/aromatic N) is 2. The van der Waals surface area contributed by atoms with Crippen LogP contribution >= 0.6 is 0 Å². The second kappa shape index (κ2) is 26.7. The van der Waals surface area contributed by atoms with Crippen molar-refractivity contribution in [2.24, 2.45) is 0 Å². The summed E-state index contributed by atoms with van der Waals surface area (Å²) >= 11 is 0. The molecule has 4 aliphatic rings. The van der Waals surface area contributed by atoms with E-state index >= 15 is 45.5 Å². The van der Waals surface area contributed by atoms with Gasteiger partial charge in [-0.25, -0.2) is 0 Å². The molecule has 0 radical (unpaired) electrons. The van der Waals surface area contributed by atoms with Gasteiger partial charge in [-0.05, 0) is 117 Å². The Bertz CT molecular complexity index is 4350. The quantitative estimate of drug-likeness (QED) is 0.0161. The summed E-state index contributed by atoms with van der Waals surface area (Å²) in [6, 6.07) is 24.8. The van der Waals surface area contributed by atoms with Crippen LogP contribution in [0.25, 0.3) is 43.1 Å². The molecule has 0 spiro atoms. The number of alkyl halides is 6. The molecule has 104 heavy (non-hydrogen) atoms. The molecule has 9 aromatic rings. The minimum Gasteiger partial charge on any atom is -0.457 e. The minimum atomic E-state index is -5.61. The van der Waals surface area contributed by atoms with Crippen molar-refractivity contribution in [3.05, 3.63) is 166 Å². The Balaban J connectivity index is 1.17. The van der Waals surface area contributed by atoms with E-state index in [4.69, 9.17) is 37.9 Å². The Morgan fingerprint density at radius 1 is 0.394 bits per heavy atom. The molecule has 2 fully saturated rings. The Hall–Kier alpha value is -9.88. The fraction of sp³-hybridized carbons (Fsp3) is 0.375. The first kappa shape index (κ1) is 72.5. The molecule has 24 heteroatoms. The van der Waals surface area contributed by atoms with E-state index in [9.17, 15) is 9.59 Å². The summed E-state index contributed by atoms with van der Waals surface area (Å²) in [7, 11) is 0. The van der Waals surface area contributed by atoms with Gasteiger partial charge in [0.25, 0.3) is 35.4 Å². The third-order valence-electron chi connectivity index (χ3n) is 18.9. The summed E-state index contributed by atoms with van der Waals surface area (Å²) in [6.07, 6.45) is -11.6. The van der Waals surface area contributed by atoms with E-state index in [1.165, 1.54) is 0 Å². The fourth-order valence-corrected chi connectivity index (χ4v) is 13.2. The molecule has 4 heterocycles. The molecule has 0 aliphatic carbocycles. The lowest BCUT2D eigenvalue weighted by Crippen LogP contribution is -2.60. The van der Waals surface area contributed by atoms with Crippen LogP contribution in [-0.2, 0) is 50.2 Å². The molecule has 2 saturated heterocycles. The van der Waals surface area contributed by atoms with Gasteiger partial charge >= 0.3 is 12.4 Å². The van der Waals surface area contributed by atoms with Crippen LogP contribution in [0.2, 0.25) is 0 Å². The van der Waals surface area contributed by atoms with Gasteiger partial charge in [-0.1, -0.05) is 132 Å². The second-order valence-corrected chi connectivity index (χ2v) is 30.7. The summed E-state index contributed by atoms with van der Waals surface area (Å²) in [6.45, 7) is 23.4. The summed E-state index contributed by atoms with van der Waals surface area (Å²) in [4.78, 5) is 91.7. The second-order valence-electron chi connectivity index (χ2n) is 30.7. The van der Waals surface area contributed by atoms with Crippen LogP contribution in [0.15, 0.2) is 121 Å². The number of nitrogens with one attached hydrogen (secondary N) is 2. The van der Waals surface area contributed by atoms with Gasteiger partial charge in [0.1, 0.15) is 58.2 Å². The number of hydrogen-bond donors (Lipinski definition) is 2. The number of carbonyl (C=O) groups excluding carboxylic acids is 6. The SMILES string of the molecule is CC(C)(C)c1ccc(Oc2cc3c4c(cc(Oc5ccc(C(C)(C)C)cc5)c5c6c(Oc7ccc(C(C)(C)C)cc7)cc7c8c(cc(Oc9ccc(C(C)(C)C)cc9)c(c2c45)c86)C(=O)N(C(C(=O)NCCOCC2CO2)C(F)(F)F)C7=O)C(=O)N(C(C(=O)NCCOCC2CO2)C(F)(F)F)C3=O)cc1. The van der Waals surface area contributed by atoms with E-state index < -0.39 is 117 Å². The lowest BCUT2D eigenvalue weighted by Gasteiger charge is -2.36. The first-order valence-electron chi connectivity index (χ1n) is 34.2. The molecule has 0 aromatic heterocycles. The molecule has 18 nitrogen and oxygen atoms in total. The zero-order valence-corrected chi connectivity index (χ0v) is 59.4. The van der Waals surface area contributed by atoms with E-state index in [1.54, 1.807) is 97.1 Å². The summed E-state index contributed by atoms with van der Waals surface area (Å²) < 4.78 is 146. The van der Waals surface area contributed by atoms with Gasteiger partial charge in [0.15, 0.2) is 0 Å². The average Bonchev–Trinajstić information content (AvgIpc) is 1.18. The molecule has 6 amide bonds. The van der Waals surface area contributed by atoms with Crippen molar-refractivity contribution in [2.45, 2.75) is 141 Å². The molecular formula is C80H78F6N4O14. The van der Waals surface area contributed by atoms with Gasteiger partial charge < -0.3 is 48.5 Å². The van der Waals surface area contributed by atoms with E-state index in [1.807, 2.05) is 83.1 Å². The highest BCUT2D eigenvalue weighted by Gasteiger charge is 2.57. The molecule has 0 saturated carbocycles. The van der Waals surface area contributed by atoms with E-state index in [0.29, 0.717) is 13.2 Å². The van der Waals surface area contributed by atoms with Crippen LogP contribution in [0.3, 0.4) is 0 Å². The maximum Gasteiger partial charge on any atom is 0.418 e. The number of carbonyl (C=O) groups is 6. The van der Waals surface area contributed by atoms with Gasteiger partial charge in [-0.2, -0.15) is 26.3 Å². The number of benzene rings is 9. The molecule has 4 unspecified atom stereocenters. The van der Waals surface area contributed by atoms with Crippen molar-refractivity contribution in [3.8, 4) is 46.0 Å². The van der Waals surface area contributed by atoms with E-state index in [-0.39, 0.29) is 138 Å². The van der Waals surface area contributed by atoms with Crippen molar-refractivity contribution in [1.29, 1.82) is 0 Å². The number of hydrogen-bond acceptors (Lipinski definition) is 14. The first-order valence-corrected chi connectivity index (χ1v) is 34.2. The number of rotatable bonds is 22. The Morgan fingerprint density at radius 3 is 0.827 bits per heavy atom. The number of halogens is 6. The molecule has 4 aliphatic heterocycles. The van der Waals surface area contributed by atoms with Crippen molar-refractivity contribution in [2.75, 3.05) is 52.7 Å². The molecule has 0 bridgehead atoms. The summed E-state index contributed by atoms with van der Waals surface area (Å²) in [5.41, 5.74) is -0.559. The van der Waals surface area contributed by atoms with Crippen LogP contribution in [0.5, 0.6) is 46.0 Å². The van der Waals surface area contributed by atoms with E-state index in [0.717, 1.165) is 46.5 Å². The van der Waals surface area contributed by atoms with Gasteiger partial charge in [0.2, 0.25) is 12.1 Å². The lowest BCUT2D eigenvalue weighted by atomic mass is 9.80. The summed E-state index contributed by atoms with van der Waals surface area (Å²) in [5, 5.41) is 3.23. The summed E-state index contributed by atoms with van der Waals surface area (Å²) in [5.74, 6) is -10.8. The molecule has 13 rings (SSSR count). The minimum absolute atomic E-state index is 0.0885. The monoisotopic (exact) mass is 1430 g/mol. The lowest BCUT2D eigenvalue weighted by molar-refractivity contribution is -0.181. The van der Waals surface area contributed by atoms with Crippen LogP contribution in [0, 0.1) is 0 Å². The number of ether oxygens (including phenoxy) is 8. The van der Waals surface area contributed by atoms with Crippen molar-refractivity contribution >= 4 is 78.5 Å². The number of fused-ring (bicyclic) bond motifs is 2. The number of imide groups is 2. The van der Waals surface area contributed by atoms with Gasteiger partial charge in [0, 0.05) is 56.2 Å². The van der Waals surface area contributed by atoms with Gasteiger partial charge in [-0.15, -0.1) is 0 Å². The maximum atomic E-state index is 16.1. The van der Waals surface area contributed by atoms with Crippen molar-refractivity contribution in [1.82, 2.24) is 20.4 Å². The van der Waals surface area contributed by atoms with Crippen molar-refractivity contribution < 1.29 is 93.0 Å². The normalized spacial score (nSPS) is 16.9. The van der Waals surface area contributed by atoms with Crippen molar-refractivity contribution in [3.63, 3.8) is 0 Å². The van der Waals surface area contributed by atoms with E-state index in [2.05, 4.69) is 10.6 Å². The molecule has 544 valence electrons. The highest BCUT2D eigenvalue weighted by atomic mass is 19.4. The van der Waals surface area contributed by atoms with Crippen LogP contribution in [0.4, 0.5) is 26.3 Å². The average molecular weight is 1430 g/mol.